The van der Waals surface area contributed by atoms with Gasteiger partial charge in [-0.25, -0.2) is 0 Å². The third-order valence-electron chi connectivity index (χ3n) is 29.4. The van der Waals surface area contributed by atoms with Gasteiger partial charge in [0.1, 0.15) is 0 Å². The van der Waals surface area contributed by atoms with Crippen LogP contribution in [0.4, 0.5) is 51.2 Å². The molecule has 0 spiro atoms. The quantitative estimate of drug-likeness (QED) is 0.105. The predicted octanol–water partition coefficient (Wildman–Crippen LogP) is 30.5. The lowest BCUT2D eigenvalue weighted by atomic mass is 9.80. The number of rotatable bonds is 9. The molecule has 7 aliphatic rings. The lowest BCUT2D eigenvalue weighted by Crippen LogP contribution is -2.20. The van der Waals surface area contributed by atoms with Gasteiger partial charge in [0.05, 0.1) is 11.4 Å². The van der Waals surface area contributed by atoms with Crippen LogP contribution in [0, 0.1) is 0 Å². The Morgan fingerprint density at radius 2 is 0.310 bits per heavy atom. The molecular formula is C113H93N3. The molecule has 0 saturated heterocycles. The molecule has 3 heteroatoms. The minimum absolute atomic E-state index is 0.204. The second kappa shape index (κ2) is 23.4. The van der Waals surface area contributed by atoms with E-state index < -0.39 is 5.41 Å². The van der Waals surface area contributed by atoms with Crippen molar-refractivity contribution in [1.82, 2.24) is 0 Å². The first-order valence-electron chi connectivity index (χ1n) is 41.9. The van der Waals surface area contributed by atoms with Crippen molar-refractivity contribution in [1.29, 1.82) is 0 Å². The maximum absolute atomic E-state index is 2.69. The Kier molecular flexibility index (Phi) is 13.9. The summed E-state index contributed by atoms with van der Waals surface area (Å²) in [6, 6.07) is 121. The summed E-state index contributed by atoms with van der Waals surface area (Å²) in [7, 11) is 0. The van der Waals surface area contributed by atoms with Gasteiger partial charge in [-0.1, -0.05) is 309 Å². The molecule has 0 atom stereocenters. The van der Waals surface area contributed by atoms with Gasteiger partial charge in [0.2, 0.25) is 0 Å². The lowest BCUT2D eigenvalue weighted by molar-refractivity contribution is 0.659. The summed E-state index contributed by atoms with van der Waals surface area (Å²) in [5.41, 5.74) is 45.3. The van der Waals surface area contributed by atoms with Crippen LogP contribution >= 0.6 is 0 Å². The maximum atomic E-state index is 2.69. The van der Waals surface area contributed by atoms with Gasteiger partial charge in [-0.15, -0.1) is 0 Å². The molecule has 0 amide bonds. The number of anilines is 9. The van der Waals surface area contributed by atoms with E-state index in [1.54, 1.807) is 0 Å². The smallest absolute Gasteiger partial charge is 0.0620 e. The summed E-state index contributed by atoms with van der Waals surface area (Å²) in [6.45, 7) is 34.1. The Hall–Kier alpha value is -12.6. The summed E-state index contributed by atoms with van der Waals surface area (Å²) in [5, 5.41) is 4.69. The van der Waals surface area contributed by atoms with Crippen molar-refractivity contribution < 1.29 is 0 Å². The molecule has 7 aliphatic carbocycles. The highest BCUT2D eigenvalue weighted by atomic mass is 15.2. The van der Waals surface area contributed by atoms with Crippen LogP contribution in [-0.2, 0) is 37.9 Å². The second-order valence-corrected chi connectivity index (χ2v) is 38.0. The van der Waals surface area contributed by atoms with Crippen LogP contribution in [-0.4, -0.2) is 0 Å². The molecule has 16 aromatic rings. The van der Waals surface area contributed by atoms with Crippen molar-refractivity contribution in [2.75, 3.05) is 14.7 Å². The molecule has 23 rings (SSSR count). The number of hydrogen-bond donors (Lipinski definition) is 0. The van der Waals surface area contributed by atoms with Crippen molar-refractivity contribution in [2.24, 2.45) is 0 Å². The molecule has 0 saturated carbocycles. The normalized spacial score (nSPS) is 16.5. The van der Waals surface area contributed by atoms with Crippen molar-refractivity contribution in [3.8, 4) is 77.9 Å². The van der Waals surface area contributed by atoms with E-state index in [2.05, 4.69) is 421 Å². The Morgan fingerprint density at radius 1 is 0.138 bits per heavy atom. The van der Waals surface area contributed by atoms with Gasteiger partial charge in [-0.05, 0) is 253 Å². The zero-order valence-corrected chi connectivity index (χ0v) is 68.8. The van der Waals surface area contributed by atoms with Crippen molar-refractivity contribution in [3.63, 3.8) is 0 Å². The third kappa shape index (κ3) is 9.09. The van der Waals surface area contributed by atoms with Gasteiger partial charge in [0.25, 0.3) is 0 Å². The lowest BCUT2D eigenvalue weighted by Gasteiger charge is -2.35. The van der Waals surface area contributed by atoms with Gasteiger partial charge >= 0.3 is 0 Å². The molecule has 0 heterocycles. The average Bonchev–Trinajstić information content (AvgIpc) is 1.71. The summed E-state index contributed by atoms with van der Waals surface area (Å²) in [4.78, 5) is 7.95. The van der Waals surface area contributed by atoms with Crippen molar-refractivity contribution in [3.05, 3.63) is 387 Å². The number of hydrogen-bond acceptors (Lipinski definition) is 3. The first-order chi connectivity index (χ1) is 55.8. The zero-order valence-electron chi connectivity index (χ0n) is 68.8. The van der Waals surface area contributed by atoms with Crippen molar-refractivity contribution >= 4 is 72.7 Å². The van der Waals surface area contributed by atoms with Gasteiger partial charge < -0.3 is 14.7 Å². The van der Waals surface area contributed by atoms with Crippen LogP contribution in [0.15, 0.2) is 309 Å². The van der Waals surface area contributed by atoms with Crippen LogP contribution in [0.25, 0.3) is 99.4 Å². The molecule has 0 unspecified atom stereocenters. The monoisotopic (exact) mass is 1490 g/mol. The molecule has 116 heavy (non-hydrogen) atoms. The average molecular weight is 1490 g/mol. The highest BCUT2D eigenvalue weighted by Gasteiger charge is 2.46. The Labute approximate surface area is 682 Å². The SMILES string of the molecule is CC1(C)c2ccccc2-c2ccc(N(c3ccc4c(c3)C(C)(C)c3ccccc3-4)c3ccc4c(c3)C(C)(C)c3cc5c(N(c6ccc7c(c6)C(C)(C)c6ccccc6-7)c6ccc7c(c6)C(C)(C)c6ccccc6-7)c6ccccc6c(N(c6ccc7c(c6)C(C)(C)c6ccccc6-7)c6ccc7c(c6)C(C)(C)c6ccccc6-7)c5cc3-4)cc21. The Balaban J connectivity index is 0.809. The zero-order chi connectivity index (χ0) is 79.0. The Morgan fingerprint density at radius 3 is 0.552 bits per heavy atom. The fourth-order valence-corrected chi connectivity index (χ4v) is 23.2. The van der Waals surface area contributed by atoms with Gasteiger partial charge in [-0.2, -0.15) is 0 Å². The molecular weight excluding hydrogens is 1400 g/mol. The van der Waals surface area contributed by atoms with E-state index in [0.717, 1.165) is 51.2 Å². The first kappa shape index (κ1) is 69.0. The molecule has 16 aromatic carbocycles. The minimum atomic E-state index is -0.495. The largest absolute Gasteiger partial charge is 0.310 e. The standard InChI is InChI=1S/C113H93N3/c1-107(2)91-37-23-17-29-73(91)79-50-43-66(57-97(79)107)114(67-44-51-80-74-30-18-24-38-92(74)108(3,4)98(80)58-67)68-45-56-85-88-64-89-90(65-104(88)113(13,14)103(85)59-68)106(116(71-48-54-83-77-33-21-27-41-95(77)111(9,10)101(83)62-71)72-49-55-84-78-34-22-28-42-96(78)112(11,12)102(84)63-72)87-36-16-15-35-86(87)105(89)115(69-46-52-81-75-31-19-25-39-93(75)109(5,6)99(81)60-69)70-47-53-82-76-32-20-26-40-94(76)110(7,8)100(82)61-70/h15-65H,1-14H3. The van der Waals surface area contributed by atoms with Gasteiger partial charge in [0.15, 0.2) is 0 Å². The molecule has 3 nitrogen and oxygen atoms in total. The molecule has 0 bridgehead atoms. The van der Waals surface area contributed by atoms with Crippen LogP contribution < -0.4 is 14.7 Å². The summed E-state index contributed by atoms with van der Waals surface area (Å²) < 4.78 is 0. The molecule has 560 valence electrons. The van der Waals surface area contributed by atoms with Crippen LogP contribution in [0.3, 0.4) is 0 Å². The topological polar surface area (TPSA) is 9.72 Å². The second-order valence-electron chi connectivity index (χ2n) is 38.0. The highest BCUT2D eigenvalue weighted by molar-refractivity contribution is 6.25. The number of nitrogens with zero attached hydrogens (tertiary/aromatic N) is 3. The van der Waals surface area contributed by atoms with Gasteiger partial charge in [-0.3, -0.25) is 0 Å². The van der Waals surface area contributed by atoms with E-state index in [1.165, 1.54) is 177 Å². The summed E-state index contributed by atoms with van der Waals surface area (Å²) >= 11 is 0. The molecule has 0 radical (unpaired) electrons. The van der Waals surface area contributed by atoms with E-state index >= 15 is 0 Å². The Bertz CT molecular complexity index is 6760. The van der Waals surface area contributed by atoms with Crippen LogP contribution in [0.1, 0.15) is 175 Å². The van der Waals surface area contributed by atoms with E-state index in [1.807, 2.05) is 0 Å². The fourth-order valence-electron chi connectivity index (χ4n) is 23.2. The van der Waals surface area contributed by atoms with E-state index in [9.17, 15) is 0 Å². The maximum Gasteiger partial charge on any atom is 0.0620 e. The fraction of sp³-hybridized carbons (Fsp3) is 0.186. The van der Waals surface area contributed by atoms with Crippen molar-refractivity contribution in [2.45, 2.75) is 135 Å². The predicted molar refractivity (Wildman–Crippen MR) is 488 cm³/mol. The molecule has 0 N–H and O–H groups in total. The summed E-state index contributed by atoms with van der Waals surface area (Å²) in [6.07, 6.45) is 0. The number of benzene rings is 16. The van der Waals surface area contributed by atoms with E-state index in [-0.39, 0.29) is 32.5 Å². The minimum Gasteiger partial charge on any atom is -0.310 e. The molecule has 0 fully saturated rings. The third-order valence-corrected chi connectivity index (χ3v) is 29.4. The van der Waals surface area contributed by atoms with Crippen LogP contribution in [0.5, 0.6) is 0 Å². The van der Waals surface area contributed by atoms with E-state index in [0.29, 0.717) is 0 Å². The molecule has 0 aromatic heterocycles. The summed E-state index contributed by atoms with van der Waals surface area (Å²) in [5.74, 6) is 0. The van der Waals surface area contributed by atoms with Crippen LogP contribution in [0.2, 0.25) is 0 Å². The van der Waals surface area contributed by atoms with E-state index in [4.69, 9.17) is 0 Å². The molecule has 0 aliphatic heterocycles. The number of fused-ring (bicyclic) bond motifs is 23. The first-order valence-corrected chi connectivity index (χ1v) is 41.9. The highest BCUT2D eigenvalue weighted by Crippen LogP contribution is 2.63. The van der Waals surface area contributed by atoms with Gasteiger partial charge in [0, 0.05) is 99.3 Å².